The average Bonchev–Trinajstić information content (AvgIpc) is 2.84. The summed E-state index contributed by atoms with van der Waals surface area (Å²) in [6.07, 6.45) is 2.85. The molecule has 0 spiro atoms. The number of nitrogens with two attached hydrogens (primary N) is 1. The summed E-state index contributed by atoms with van der Waals surface area (Å²) in [5.74, 6) is 0.714. The SMILES string of the molecule is N/C(=N/O)c1ccc(CNCC2CCC(O)C2)cc1. The summed E-state index contributed by atoms with van der Waals surface area (Å²) in [5, 5.41) is 24.4. The Morgan fingerprint density at radius 1 is 1.32 bits per heavy atom. The molecule has 0 saturated heterocycles. The van der Waals surface area contributed by atoms with Crippen LogP contribution in [0.15, 0.2) is 29.4 Å². The predicted octanol–water partition coefficient (Wildman–Crippen LogP) is 1.03. The van der Waals surface area contributed by atoms with Crippen molar-refractivity contribution >= 4 is 5.84 Å². The van der Waals surface area contributed by atoms with E-state index in [0.717, 1.165) is 37.9 Å². The van der Waals surface area contributed by atoms with E-state index in [1.54, 1.807) is 0 Å². The number of rotatable bonds is 5. The van der Waals surface area contributed by atoms with Gasteiger partial charge in [0.25, 0.3) is 0 Å². The lowest BCUT2D eigenvalue weighted by Crippen LogP contribution is -2.21. The van der Waals surface area contributed by atoms with Crippen LogP contribution in [-0.4, -0.2) is 28.8 Å². The Morgan fingerprint density at radius 3 is 2.63 bits per heavy atom. The van der Waals surface area contributed by atoms with E-state index in [-0.39, 0.29) is 11.9 Å². The first kappa shape index (κ1) is 13.8. The van der Waals surface area contributed by atoms with Gasteiger partial charge >= 0.3 is 0 Å². The van der Waals surface area contributed by atoms with Crippen LogP contribution in [0, 0.1) is 5.92 Å². The number of hydrogen-bond donors (Lipinski definition) is 4. The van der Waals surface area contributed by atoms with E-state index in [1.165, 1.54) is 0 Å². The molecule has 0 radical (unpaired) electrons. The number of benzene rings is 1. The number of nitrogens with zero attached hydrogens (tertiary/aromatic N) is 1. The largest absolute Gasteiger partial charge is 0.409 e. The van der Waals surface area contributed by atoms with E-state index in [9.17, 15) is 5.11 Å². The second-order valence-corrected chi connectivity index (χ2v) is 5.15. The molecule has 0 aliphatic heterocycles. The van der Waals surface area contributed by atoms with E-state index in [4.69, 9.17) is 10.9 Å². The Kier molecular flexibility index (Phi) is 4.76. The van der Waals surface area contributed by atoms with Gasteiger partial charge in [-0.1, -0.05) is 29.4 Å². The van der Waals surface area contributed by atoms with Crippen molar-refractivity contribution in [2.24, 2.45) is 16.8 Å². The first-order valence-electron chi connectivity index (χ1n) is 6.64. The molecule has 0 bridgehead atoms. The minimum atomic E-state index is -0.105. The van der Waals surface area contributed by atoms with Crippen molar-refractivity contribution in [1.82, 2.24) is 5.32 Å². The van der Waals surface area contributed by atoms with Crippen LogP contribution in [0.2, 0.25) is 0 Å². The maximum Gasteiger partial charge on any atom is 0.170 e. The highest BCUT2D eigenvalue weighted by molar-refractivity contribution is 5.96. The summed E-state index contributed by atoms with van der Waals surface area (Å²) in [4.78, 5) is 0. The summed E-state index contributed by atoms with van der Waals surface area (Å²) in [6.45, 7) is 1.74. The van der Waals surface area contributed by atoms with Gasteiger partial charge in [0.1, 0.15) is 0 Å². The van der Waals surface area contributed by atoms with Crippen LogP contribution >= 0.6 is 0 Å². The molecule has 2 atom stereocenters. The van der Waals surface area contributed by atoms with E-state index in [0.29, 0.717) is 11.5 Å². The summed E-state index contributed by atoms with van der Waals surface area (Å²) < 4.78 is 0. The van der Waals surface area contributed by atoms with Gasteiger partial charge in [-0.15, -0.1) is 0 Å². The smallest absolute Gasteiger partial charge is 0.170 e. The Balaban J connectivity index is 1.77. The Bertz CT molecular complexity index is 431. The zero-order chi connectivity index (χ0) is 13.7. The molecule has 19 heavy (non-hydrogen) atoms. The van der Waals surface area contributed by atoms with Gasteiger partial charge in [-0.05, 0) is 37.3 Å². The van der Waals surface area contributed by atoms with E-state index in [1.807, 2.05) is 24.3 Å². The van der Waals surface area contributed by atoms with Crippen molar-refractivity contribution in [2.75, 3.05) is 6.54 Å². The third kappa shape index (κ3) is 3.94. The van der Waals surface area contributed by atoms with Crippen LogP contribution in [-0.2, 0) is 6.54 Å². The molecule has 5 nitrogen and oxygen atoms in total. The van der Waals surface area contributed by atoms with Crippen molar-refractivity contribution in [3.05, 3.63) is 35.4 Å². The fourth-order valence-electron chi connectivity index (χ4n) is 2.51. The quantitative estimate of drug-likeness (QED) is 0.276. The van der Waals surface area contributed by atoms with Crippen LogP contribution in [0.4, 0.5) is 0 Å². The molecule has 104 valence electrons. The summed E-state index contributed by atoms with van der Waals surface area (Å²) >= 11 is 0. The maximum atomic E-state index is 9.45. The molecule has 1 fully saturated rings. The molecule has 5 N–H and O–H groups in total. The topological polar surface area (TPSA) is 90.9 Å². The third-order valence-electron chi connectivity index (χ3n) is 3.63. The normalized spacial score (nSPS) is 23.7. The van der Waals surface area contributed by atoms with Gasteiger partial charge < -0.3 is 21.4 Å². The summed E-state index contributed by atoms with van der Waals surface area (Å²) in [6, 6.07) is 7.60. The maximum absolute atomic E-state index is 9.45. The fraction of sp³-hybridized carbons (Fsp3) is 0.500. The fourth-order valence-corrected chi connectivity index (χ4v) is 2.51. The molecule has 0 amide bonds. The van der Waals surface area contributed by atoms with Crippen LogP contribution in [0.3, 0.4) is 0 Å². The predicted molar refractivity (Wildman–Crippen MR) is 74.0 cm³/mol. The molecule has 1 saturated carbocycles. The molecular weight excluding hydrogens is 242 g/mol. The average molecular weight is 263 g/mol. The van der Waals surface area contributed by atoms with Crippen molar-refractivity contribution in [3.63, 3.8) is 0 Å². The first-order chi connectivity index (χ1) is 9.19. The lowest BCUT2D eigenvalue weighted by Gasteiger charge is -2.11. The van der Waals surface area contributed by atoms with Gasteiger partial charge in [0.15, 0.2) is 5.84 Å². The minimum Gasteiger partial charge on any atom is -0.409 e. The second-order valence-electron chi connectivity index (χ2n) is 5.15. The molecule has 1 aromatic rings. The Morgan fingerprint density at radius 2 is 2.05 bits per heavy atom. The highest BCUT2D eigenvalue weighted by Crippen LogP contribution is 2.24. The van der Waals surface area contributed by atoms with Gasteiger partial charge in [0.05, 0.1) is 6.10 Å². The van der Waals surface area contributed by atoms with Crippen LogP contribution in [0.5, 0.6) is 0 Å². The van der Waals surface area contributed by atoms with Gasteiger partial charge in [-0.2, -0.15) is 0 Å². The lowest BCUT2D eigenvalue weighted by molar-refractivity contribution is 0.177. The number of oxime groups is 1. The molecule has 1 aliphatic carbocycles. The highest BCUT2D eigenvalue weighted by atomic mass is 16.4. The number of aliphatic hydroxyl groups excluding tert-OH is 1. The van der Waals surface area contributed by atoms with Gasteiger partial charge in [-0.25, -0.2) is 0 Å². The van der Waals surface area contributed by atoms with Crippen LogP contribution in [0.1, 0.15) is 30.4 Å². The monoisotopic (exact) mass is 263 g/mol. The molecule has 1 aliphatic rings. The zero-order valence-corrected chi connectivity index (χ0v) is 10.9. The standard InChI is InChI=1S/C14H21N3O2/c15-14(17-19)12-4-1-10(2-5-12)8-16-9-11-3-6-13(18)7-11/h1-2,4-5,11,13,16,18-19H,3,6-9H2,(H2,15,17). The van der Waals surface area contributed by atoms with Crippen molar-refractivity contribution < 1.29 is 10.3 Å². The minimum absolute atomic E-state index is 0.105. The van der Waals surface area contributed by atoms with Gasteiger partial charge in [0, 0.05) is 12.1 Å². The number of aliphatic hydroxyl groups is 1. The van der Waals surface area contributed by atoms with E-state index >= 15 is 0 Å². The van der Waals surface area contributed by atoms with Gasteiger partial charge in [-0.3, -0.25) is 0 Å². The molecular formula is C14H21N3O2. The highest BCUT2D eigenvalue weighted by Gasteiger charge is 2.21. The Hall–Kier alpha value is -1.59. The number of nitrogens with one attached hydrogen (secondary N) is 1. The lowest BCUT2D eigenvalue weighted by atomic mass is 10.1. The second kappa shape index (κ2) is 6.54. The third-order valence-corrected chi connectivity index (χ3v) is 3.63. The van der Waals surface area contributed by atoms with E-state index < -0.39 is 0 Å². The van der Waals surface area contributed by atoms with Gasteiger partial charge in [0.2, 0.25) is 0 Å². The zero-order valence-electron chi connectivity index (χ0n) is 10.9. The molecule has 5 heteroatoms. The summed E-state index contributed by atoms with van der Waals surface area (Å²) in [7, 11) is 0. The molecule has 2 rings (SSSR count). The molecule has 2 unspecified atom stereocenters. The summed E-state index contributed by atoms with van der Waals surface area (Å²) in [5.41, 5.74) is 7.37. The van der Waals surface area contributed by atoms with Crippen molar-refractivity contribution in [1.29, 1.82) is 0 Å². The van der Waals surface area contributed by atoms with Crippen molar-refractivity contribution in [2.45, 2.75) is 31.9 Å². The number of hydrogen-bond acceptors (Lipinski definition) is 4. The molecule has 0 heterocycles. The molecule has 1 aromatic carbocycles. The molecule has 0 aromatic heterocycles. The van der Waals surface area contributed by atoms with E-state index in [2.05, 4.69) is 10.5 Å². The Labute approximate surface area is 113 Å². The van der Waals surface area contributed by atoms with Crippen molar-refractivity contribution in [3.8, 4) is 0 Å². The van der Waals surface area contributed by atoms with Crippen LogP contribution in [0.25, 0.3) is 0 Å². The number of amidine groups is 1. The first-order valence-corrected chi connectivity index (χ1v) is 6.64. The van der Waals surface area contributed by atoms with Crippen LogP contribution < -0.4 is 11.1 Å².